The Morgan fingerprint density at radius 1 is 0.640 bits per heavy atom. The van der Waals surface area contributed by atoms with E-state index in [1.165, 1.54) is 11.1 Å². The third-order valence-corrected chi connectivity index (χ3v) is 10.9. The van der Waals surface area contributed by atoms with E-state index in [-0.39, 0.29) is 24.8 Å². The van der Waals surface area contributed by atoms with Crippen LogP contribution in [0.15, 0.2) is 55.1 Å². The zero-order valence-corrected chi connectivity index (χ0v) is 19.0. The summed E-state index contributed by atoms with van der Waals surface area (Å²) >= 11 is -0.732. The van der Waals surface area contributed by atoms with Gasteiger partial charge in [0.2, 0.25) is 0 Å². The minimum Gasteiger partial charge on any atom is -1.00 e. The molecule has 2 aliphatic carbocycles. The molecule has 2 atom stereocenters. The van der Waals surface area contributed by atoms with Gasteiger partial charge in [0.1, 0.15) is 0 Å². The predicted octanol–water partition coefficient (Wildman–Crippen LogP) is 0.174. The molecule has 128 valence electrons. The van der Waals surface area contributed by atoms with Crippen LogP contribution in [0, 0.1) is 0 Å². The van der Waals surface area contributed by atoms with Crippen LogP contribution in [-0.2, 0) is 23.2 Å². The Bertz CT molecular complexity index is 792. The molecule has 0 saturated carbocycles. The zero-order chi connectivity index (χ0) is 16.1. The molecule has 0 N–H and O–H groups in total. The van der Waals surface area contributed by atoms with Crippen LogP contribution >= 0.6 is 0 Å². The quantitative estimate of drug-likeness (QED) is 0.615. The number of allylic oxidation sites excluding steroid dienone is 4. The Morgan fingerprint density at radius 2 is 1.00 bits per heavy atom. The molecule has 4 rings (SSSR count). The molecule has 0 nitrogen and oxygen atoms in total. The second-order valence-electron chi connectivity index (χ2n) is 6.82. The van der Waals surface area contributed by atoms with Gasteiger partial charge in [0, 0.05) is 0 Å². The molecule has 0 radical (unpaired) electrons. The van der Waals surface area contributed by atoms with Gasteiger partial charge >= 0.3 is 151 Å². The van der Waals surface area contributed by atoms with E-state index < -0.39 is 23.2 Å². The summed E-state index contributed by atoms with van der Waals surface area (Å²) in [6.07, 6.45) is 0. The summed E-state index contributed by atoms with van der Waals surface area (Å²) in [4.78, 5) is 0. The molecule has 3 heteroatoms. The number of rotatable bonds is 2. The Hall–Kier alpha value is -0.617. The average Bonchev–Trinajstić information content (AvgIpc) is 2.97. The molecule has 0 heterocycles. The van der Waals surface area contributed by atoms with Gasteiger partial charge in [0.25, 0.3) is 0 Å². The summed E-state index contributed by atoms with van der Waals surface area (Å²) in [5.41, 5.74) is 9.23. The van der Waals surface area contributed by atoms with E-state index in [0.717, 1.165) is 0 Å². The summed E-state index contributed by atoms with van der Waals surface area (Å²) < 4.78 is 3.56. The van der Waals surface area contributed by atoms with Gasteiger partial charge < -0.3 is 24.8 Å². The van der Waals surface area contributed by atoms with Crippen LogP contribution < -0.4 is 24.8 Å². The van der Waals surface area contributed by atoms with Crippen molar-refractivity contribution >= 4 is 11.1 Å². The zero-order valence-electron chi connectivity index (χ0n) is 15.0. The molecular weight excluding hydrogens is 426 g/mol. The van der Waals surface area contributed by atoms with Crippen LogP contribution in [0.2, 0.25) is 0 Å². The first-order valence-electron chi connectivity index (χ1n) is 8.46. The number of halogens is 2. The van der Waals surface area contributed by atoms with Gasteiger partial charge in [-0.3, -0.25) is 0 Å². The van der Waals surface area contributed by atoms with Gasteiger partial charge in [0.05, 0.1) is 0 Å². The second kappa shape index (κ2) is 7.95. The van der Waals surface area contributed by atoms with Gasteiger partial charge in [-0.15, -0.1) is 0 Å². The van der Waals surface area contributed by atoms with E-state index in [2.05, 4.69) is 76.2 Å². The first-order chi connectivity index (χ1) is 11.1. The Kier molecular flexibility index (Phi) is 6.58. The number of benzene rings is 2. The maximum absolute atomic E-state index is 2.41. The van der Waals surface area contributed by atoms with Gasteiger partial charge in [-0.1, -0.05) is 0 Å². The standard InChI is InChI=1S/2C11H11.2ClH.Zr/c2*1-8-7-9(2)11-6-4-3-5-10(8)11;;;/h2*3-6,8H,1-2H3;2*1H;/q;;;;+2/p-2. The summed E-state index contributed by atoms with van der Waals surface area (Å²) in [7, 11) is 0. The molecule has 2 aliphatic rings. The largest absolute Gasteiger partial charge is 1.00 e. The van der Waals surface area contributed by atoms with E-state index >= 15 is 0 Å². The Balaban J connectivity index is 0.00000113. The first-order valence-corrected chi connectivity index (χ1v) is 10.9. The van der Waals surface area contributed by atoms with Crippen LogP contribution in [-0.4, -0.2) is 0 Å². The smallest absolute Gasteiger partial charge is 1.00 e. The minimum atomic E-state index is -0.732. The second-order valence-corrected chi connectivity index (χ2v) is 10.1. The number of fused-ring (bicyclic) bond motifs is 2. The van der Waals surface area contributed by atoms with E-state index in [1.54, 1.807) is 28.8 Å². The van der Waals surface area contributed by atoms with Crippen molar-refractivity contribution in [1.29, 1.82) is 0 Å². The van der Waals surface area contributed by atoms with E-state index in [9.17, 15) is 0 Å². The third-order valence-electron chi connectivity index (χ3n) is 5.61. The molecule has 2 aromatic rings. The van der Waals surface area contributed by atoms with Crippen molar-refractivity contribution in [2.24, 2.45) is 0 Å². The van der Waals surface area contributed by atoms with Gasteiger partial charge in [0.15, 0.2) is 0 Å². The fraction of sp³-hybridized carbons (Fsp3) is 0.273. The van der Waals surface area contributed by atoms with Crippen LogP contribution in [0.4, 0.5) is 0 Å². The minimum absolute atomic E-state index is 0. The molecule has 0 amide bonds. The van der Waals surface area contributed by atoms with Crippen LogP contribution in [0.5, 0.6) is 0 Å². The molecule has 0 bridgehead atoms. The van der Waals surface area contributed by atoms with Crippen LogP contribution in [0.3, 0.4) is 0 Å². The normalized spacial score (nSPS) is 20.5. The van der Waals surface area contributed by atoms with Crippen molar-refractivity contribution in [2.75, 3.05) is 0 Å². The molecule has 0 aromatic heterocycles. The van der Waals surface area contributed by atoms with E-state index in [0.29, 0.717) is 11.8 Å². The van der Waals surface area contributed by atoms with Crippen molar-refractivity contribution in [3.05, 3.63) is 77.3 Å². The molecule has 0 aliphatic heterocycles. The van der Waals surface area contributed by atoms with Gasteiger partial charge in [-0.2, -0.15) is 0 Å². The average molecular weight is 449 g/mol. The Morgan fingerprint density at radius 3 is 1.36 bits per heavy atom. The molecule has 25 heavy (non-hydrogen) atoms. The van der Waals surface area contributed by atoms with Crippen molar-refractivity contribution < 1.29 is 48.0 Å². The predicted molar refractivity (Wildman–Crippen MR) is 94.9 cm³/mol. The topological polar surface area (TPSA) is 0 Å². The summed E-state index contributed by atoms with van der Waals surface area (Å²) in [6, 6.07) is 18.0. The summed E-state index contributed by atoms with van der Waals surface area (Å²) in [5, 5.41) is 0. The molecule has 2 unspecified atom stereocenters. The van der Waals surface area contributed by atoms with Crippen molar-refractivity contribution in [1.82, 2.24) is 0 Å². The number of hydrogen-bond acceptors (Lipinski definition) is 0. The van der Waals surface area contributed by atoms with Gasteiger partial charge in [-0.05, 0) is 0 Å². The molecule has 2 aromatic carbocycles. The summed E-state index contributed by atoms with van der Waals surface area (Å²) in [6.45, 7) is 9.52. The van der Waals surface area contributed by atoms with E-state index in [1.807, 2.05) is 0 Å². The molecule has 0 spiro atoms. The SMILES string of the molecule is CC1=[C]([Zr+2][C]2=C(C)c3ccccc3C2C)C(C)c2ccccc21.[Cl-].[Cl-]. The molecule has 0 saturated heterocycles. The number of hydrogen-bond donors (Lipinski definition) is 0. The van der Waals surface area contributed by atoms with E-state index in [4.69, 9.17) is 0 Å². The maximum atomic E-state index is 2.41. The molecular formula is C22H22Cl2Zr. The molecule has 0 fully saturated rings. The maximum Gasteiger partial charge on any atom is -1.00 e. The van der Waals surface area contributed by atoms with Crippen LogP contribution in [0.25, 0.3) is 11.1 Å². The fourth-order valence-electron chi connectivity index (χ4n) is 4.23. The monoisotopic (exact) mass is 446 g/mol. The first kappa shape index (κ1) is 20.7. The summed E-state index contributed by atoms with van der Waals surface area (Å²) in [5.74, 6) is 1.24. The fourth-order valence-corrected chi connectivity index (χ4v) is 8.36. The van der Waals surface area contributed by atoms with Crippen LogP contribution in [0.1, 0.15) is 61.8 Å². The third kappa shape index (κ3) is 3.25. The van der Waals surface area contributed by atoms with Gasteiger partial charge in [-0.25, -0.2) is 0 Å². The van der Waals surface area contributed by atoms with Crippen molar-refractivity contribution in [2.45, 2.75) is 39.5 Å². The van der Waals surface area contributed by atoms with Crippen molar-refractivity contribution in [3.8, 4) is 0 Å². The Labute approximate surface area is 175 Å². The van der Waals surface area contributed by atoms with Crippen molar-refractivity contribution in [3.63, 3.8) is 0 Å².